The Hall–Kier alpha value is -2.69. The maximum absolute atomic E-state index is 5.50. The summed E-state index contributed by atoms with van der Waals surface area (Å²) in [6.45, 7) is 0. The summed E-state index contributed by atoms with van der Waals surface area (Å²) >= 11 is 0. The van der Waals surface area contributed by atoms with Crippen LogP contribution in [0.3, 0.4) is 0 Å². The van der Waals surface area contributed by atoms with Crippen molar-refractivity contribution >= 4 is 0 Å². The fourth-order valence-corrected chi connectivity index (χ4v) is 1.52. The highest BCUT2D eigenvalue weighted by atomic mass is 16.5. The van der Waals surface area contributed by atoms with Gasteiger partial charge >= 0.3 is 6.01 Å². The first-order valence-electron chi connectivity index (χ1n) is 5.46. The summed E-state index contributed by atoms with van der Waals surface area (Å²) in [4.78, 5) is 8.30. The van der Waals surface area contributed by atoms with Crippen molar-refractivity contribution in [3.63, 3.8) is 0 Å². The molecule has 0 aliphatic heterocycles. The van der Waals surface area contributed by atoms with Crippen LogP contribution in [0.1, 0.15) is 0 Å². The van der Waals surface area contributed by atoms with Gasteiger partial charge in [-0.05, 0) is 18.2 Å². The second-order valence-electron chi connectivity index (χ2n) is 3.64. The minimum Gasteiger partial charge on any atom is -0.424 e. The molecule has 0 saturated carbocycles. The molecule has 18 heavy (non-hydrogen) atoms. The molecule has 0 amide bonds. The molecule has 5 nitrogen and oxygen atoms in total. The summed E-state index contributed by atoms with van der Waals surface area (Å²) in [5.74, 6) is 0.715. The van der Waals surface area contributed by atoms with Crippen LogP contribution in [-0.2, 0) is 0 Å². The molecule has 0 saturated heterocycles. The largest absolute Gasteiger partial charge is 0.424 e. The summed E-state index contributed by atoms with van der Waals surface area (Å²) < 4.78 is 5.50. The highest BCUT2D eigenvalue weighted by Gasteiger charge is 2.02. The smallest absolute Gasteiger partial charge is 0.321 e. The number of nitrogens with zero attached hydrogens (tertiary/aromatic N) is 3. The van der Waals surface area contributed by atoms with Gasteiger partial charge in [-0.1, -0.05) is 18.2 Å². The van der Waals surface area contributed by atoms with Crippen LogP contribution < -0.4 is 4.74 Å². The van der Waals surface area contributed by atoms with Gasteiger partial charge in [-0.2, -0.15) is 5.10 Å². The predicted molar refractivity (Wildman–Crippen MR) is 66.1 cm³/mol. The lowest BCUT2D eigenvalue weighted by Gasteiger charge is -2.03. The minimum absolute atomic E-state index is 0.324. The molecule has 2 aromatic heterocycles. The van der Waals surface area contributed by atoms with Crippen LogP contribution in [0.15, 0.2) is 55.0 Å². The van der Waals surface area contributed by atoms with E-state index >= 15 is 0 Å². The molecule has 0 radical (unpaired) electrons. The van der Waals surface area contributed by atoms with Gasteiger partial charge in [-0.15, -0.1) is 0 Å². The van der Waals surface area contributed by atoms with Gasteiger partial charge in [0.25, 0.3) is 0 Å². The molecule has 0 aliphatic carbocycles. The molecule has 1 N–H and O–H groups in total. The quantitative estimate of drug-likeness (QED) is 0.761. The Morgan fingerprint density at radius 3 is 2.39 bits per heavy atom. The van der Waals surface area contributed by atoms with Gasteiger partial charge in [-0.3, -0.25) is 5.10 Å². The van der Waals surface area contributed by atoms with E-state index in [0.717, 1.165) is 11.3 Å². The summed E-state index contributed by atoms with van der Waals surface area (Å²) in [6.07, 6.45) is 5.07. The number of hydrogen-bond donors (Lipinski definition) is 1. The van der Waals surface area contributed by atoms with E-state index in [0.29, 0.717) is 11.8 Å². The van der Waals surface area contributed by atoms with Gasteiger partial charge in [-0.25, -0.2) is 9.97 Å². The summed E-state index contributed by atoms with van der Waals surface area (Å²) in [5, 5.41) is 6.73. The summed E-state index contributed by atoms with van der Waals surface area (Å²) in [6, 6.07) is 11.6. The van der Waals surface area contributed by atoms with E-state index in [2.05, 4.69) is 20.2 Å². The third-order valence-electron chi connectivity index (χ3n) is 2.39. The van der Waals surface area contributed by atoms with Crippen molar-refractivity contribution in [2.24, 2.45) is 0 Å². The van der Waals surface area contributed by atoms with Crippen LogP contribution in [0, 0.1) is 0 Å². The standard InChI is InChI=1S/C13H10N4O/c1-2-4-11(5-3-1)18-13-14-8-10(9-15-13)12-6-7-16-17-12/h1-9H,(H,16,17). The molecule has 0 spiro atoms. The zero-order chi connectivity index (χ0) is 12.2. The molecule has 0 bridgehead atoms. The number of benzene rings is 1. The predicted octanol–water partition coefficient (Wildman–Crippen LogP) is 2.66. The highest BCUT2D eigenvalue weighted by Crippen LogP contribution is 2.19. The molecule has 88 valence electrons. The molecule has 2 heterocycles. The van der Waals surface area contributed by atoms with Crippen molar-refractivity contribution in [2.45, 2.75) is 0 Å². The van der Waals surface area contributed by atoms with Crippen LogP contribution in [0.25, 0.3) is 11.3 Å². The molecule has 1 aromatic carbocycles. The van der Waals surface area contributed by atoms with E-state index in [9.17, 15) is 0 Å². The van der Waals surface area contributed by atoms with E-state index in [1.54, 1.807) is 18.6 Å². The van der Waals surface area contributed by atoms with Crippen molar-refractivity contribution in [3.05, 3.63) is 55.0 Å². The maximum atomic E-state index is 5.50. The first-order valence-corrected chi connectivity index (χ1v) is 5.46. The number of para-hydroxylation sites is 1. The lowest BCUT2D eigenvalue weighted by molar-refractivity contribution is 0.442. The fourth-order valence-electron chi connectivity index (χ4n) is 1.52. The zero-order valence-electron chi connectivity index (χ0n) is 9.45. The second-order valence-corrected chi connectivity index (χ2v) is 3.64. The SMILES string of the molecule is c1ccc(Oc2ncc(-c3ccn[nH]3)cn2)cc1. The Labute approximate surface area is 103 Å². The number of aromatic nitrogens is 4. The van der Waals surface area contributed by atoms with Crippen molar-refractivity contribution in [1.82, 2.24) is 20.2 Å². The average Bonchev–Trinajstić information content (AvgIpc) is 2.95. The van der Waals surface area contributed by atoms with Gasteiger partial charge in [0, 0.05) is 24.2 Å². The van der Waals surface area contributed by atoms with E-state index in [-0.39, 0.29) is 0 Å². The number of ether oxygens (including phenoxy) is 1. The van der Waals surface area contributed by atoms with E-state index in [1.807, 2.05) is 36.4 Å². The number of hydrogen-bond acceptors (Lipinski definition) is 4. The first kappa shape index (κ1) is 10.5. The molecule has 0 fully saturated rings. The molecular formula is C13H10N4O. The number of H-pyrrole nitrogens is 1. The van der Waals surface area contributed by atoms with E-state index in [1.165, 1.54) is 0 Å². The lowest BCUT2D eigenvalue weighted by atomic mass is 10.2. The van der Waals surface area contributed by atoms with Crippen LogP contribution in [0.4, 0.5) is 0 Å². The van der Waals surface area contributed by atoms with Crippen LogP contribution in [-0.4, -0.2) is 20.2 Å². The van der Waals surface area contributed by atoms with Crippen LogP contribution in [0.5, 0.6) is 11.8 Å². The van der Waals surface area contributed by atoms with Crippen LogP contribution >= 0.6 is 0 Å². The van der Waals surface area contributed by atoms with Crippen LogP contribution in [0.2, 0.25) is 0 Å². The van der Waals surface area contributed by atoms with Crippen molar-refractivity contribution in [1.29, 1.82) is 0 Å². The Morgan fingerprint density at radius 1 is 0.944 bits per heavy atom. The van der Waals surface area contributed by atoms with Gasteiger partial charge in [0.1, 0.15) is 5.75 Å². The molecule has 0 atom stereocenters. The second kappa shape index (κ2) is 4.67. The number of aromatic amines is 1. The maximum Gasteiger partial charge on any atom is 0.321 e. The summed E-state index contributed by atoms with van der Waals surface area (Å²) in [7, 11) is 0. The first-order chi connectivity index (χ1) is 8.92. The Kier molecular flexibility index (Phi) is 2.71. The Morgan fingerprint density at radius 2 is 1.72 bits per heavy atom. The van der Waals surface area contributed by atoms with Gasteiger partial charge in [0.2, 0.25) is 0 Å². The van der Waals surface area contributed by atoms with Crippen molar-refractivity contribution < 1.29 is 4.74 Å². The van der Waals surface area contributed by atoms with E-state index in [4.69, 9.17) is 4.74 Å². The molecular weight excluding hydrogens is 228 g/mol. The van der Waals surface area contributed by atoms with Gasteiger partial charge in [0.15, 0.2) is 0 Å². The highest BCUT2D eigenvalue weighted by molar-refractivity contribution is 5.55. The monoisotopic (exact) mass is 238 g/mol. The van der Waals surface area contributed by atoms with Gasteiger partial charge in [0.05, 0.1) is 5.69 Å². The average molecular weight is 238 g/mol. The summed E-state index contributed by atoms with van der Waals surface area (Å²) in [5.41, 5.74) is 1.74. The Bertz CT molecular complexity index is 605. The normalized spacial score (nSPS) is 10.2. The number of nitrogens with one attached hydrogen (secondary N) is 1. The topological polar surface area (TPSA) is 63.7 Å². The third kappa shape index (κ3) is 2.20. The van der Waals surface area contributed by atoms with Crippen molar-refractivity contribution in [3.8, 4) is 23.0 Å². The minimum atomic E-state index is 0.324. The molecule has 5 heteroatoms. The van der Waals surface area contributed by atoms with Crippen molar-refractivity contribution in [2.75, 3.05) is 0 Å². The molecule has 0 aliphatic rings. The number of rotatable bonds is 3. The third-order valence-corrected chi connectivity index (χ3v) is 2.39. The molecule has 3 aromatic rings. The Balaban J connectivity index is 1.80. The van der Waals surface area contributed by atoms with E-state index < -0.39 is 0 Å². The lowest BCUT2D eigenvalue weighted by Crippen LogP contribution is -1.91. The van der Waals surface area contributed by atoms with Gasteiger partial charge < -0.3 is 4.74 Å². The molecule has 0 unspecified atom stereocenters. The fraction of sp³-hybridized carbons (Fsp3) is 0. The zero-order valence-corrected chi connectivity index (χ0v) is 9.45. The molecule has 3 rings (SSSR count).